The number of hydrogen-bond donors (Lipinski definition) is 2. The highest BCUT2D eigenvalue weighted by atomic mass is 32.2. The summed E-state index contributed by atoms with van der Waals surface area (Å²) in [6, 6.07) is 0. The van der Waals surface area contributed by atoms with E-state index < -0.39 is 10.0 Å². The Balaban J connectivity index is 2.82. The van der Waals surface area contributed by atoms with Crippen LogP contribution in [0.15, 0.2) is 4.90 Å². The van der Waals surface area contributed by atoms with E-state index in [0.717, 1.165) is 0 Å². The third kappa shape index (κ3) is 4.27. The third-order valence-electron chi connectivity index (χ3n) is 2.74. The summed E-state index contributed by atoms with van der Waals surface area (Å²) < 4.78 is 33.8. The molecule has 1 heterocycles. The Bertz CT molecular complexity index is 537. The van der Waals surface area contributed by atoms with Gasteiger partial charge in [0.15, 0.2) is 0 Å². The summed E-state index contributed by atoms with van der Waals surface area (Å²) in [5.41, 5.74) is 0.946. The maximum atomic E-state index is 12.3. The molecule has 0 aliphatic carbocycles. The highest BCUT2D eigenvalue weighted by Crippen LogP contribution is 2.18. The number of hydrogen-bond acceptors (Lipinski definition) is 5. The first-order valence-corrected chi connectivity index (χ1v) is 8.04. The van der Waals surface area contributed by atoms with Crippen LogP contribution in [0.1, 0.15) is 25.2 Å². The molecule has 8 heteroatoms. The van der Waals surface area contributed by atoms with Gasteiger partial charge in [0.2, 0.25) is 10.0 Å². The molecule has 1 aromatic rings. The van der Waals surface area contributed by atoms with Crippen LogP contribution in [0.2, 0.25) is 0 Å². The van der Waals surface area contributed by atoms with Crippen molar-refractivity contribution in [3.05, 3.63) is 11.4 Å². The molecule has 0 aromatic carbocycles. The zero-order valence-electron chi connectivity index (χ0n) is 12.4. The fourth-order valence-corrected chi connectivity index (χ4v) is 3.35. The van der Waals surface area contributed by atoms with Crippen molar-refractivity contribution in [3.8, 4) is 0 Å². The predicted octanol–water partition coefficient (Wildman–Crippen LogP) is 0.196. The zero-order valence-corrected chi connectivity index (χ0v) is 13.2. The SMILES string of the molecule is Cc1nn(CCO)c(C)c1S(=O)(=O)NCCOC(C)C. The van der Waals surface area contributed by atoms with Crippen LogP contribution >= 0.6 is 0 Å². The van der Waals surface area contributed by atoms with E-state index in [4.69, 9.17) is 9.84 Å². The van der Waals surface area contributed by atoms with E-state index in [0.29, 0.717) is 18.0 Å². The summed E-state index contributed by atoms with van der Waals surface area (Å²) in [7, 11) is -3.61. The lowest BCUT2D eigenvalue weighted by Gasteiger charge is -2.10. The molecule has 1 rings (SSSR count). The minimum atomic E-state index is -3.61. The third-order valence-corrected chi connectivity index (χ3v) is 4.45. The average molecular weight is 305 g/mol. The zero-order chi connectivity index (χ0) is 15.3. The van der Waals surface area contributed by atoms with Crippen LogP contribution in [0.25, 0.3) is 0 Å². The van der Waals surface area contributed by atoms with Crippen LogP contribution in [-0.4, -0.2) is 49.2 Å². The molecule has 1 aromatic heterocycles. The number of aromatic nitrogens is 2. The van der Waals surface area contributed by atoms with Gasteiger partial charge in [0, 0.05) is 6.54 Å². The van der Waals surface area contributed by atoms with Gasteiger partial charge in [-0.15, -0.1) is 0 Å². The van der Waals surface area contributed by atoms with Crippen molar-refractivity contribution >= 4 is 10.0 Å². The Labute approximate surface area is 120 Å². The average Bonchev–Trinajstić information content (AvgIpc) is 2.61. The number of nitrogens with one attached hydrogen (secondary N) is 1. The van der Waals surface area contributed by atoms with Crippen LogP contribution in [-0.2, 0) is 21.3 Å². The Morgan fingerprint density at radius 1 is 1.40 bits per heavy atom. The largest absolute Gasteiger partial charge is 0.394 e. The fourth-order valence-electron chi connectivity index (χ4n) is 1.92. The molecule has 2 N–H and O–H groups in total. The lowest BCUT2D eigenvalue weighted by molar-refractivity contribution is 0.0834. The first-order valence-electron chi connectivity index (χ1n) is 6.55. The first kappa shape index (κ1) is 17.1. The standard InChI is InChI=1S/C12H23N3O4S/c1-9(2)19-8-5-13-20(17,18)12-10(3)14-15(6-7-16)11(12)4/h9,13,16H,5-8H2,1-4H3. The van der Waals surface area contributed by atoms with Crippen LogP contribution in [0.3, 0.4) is 0 Å². The summed E-state index contributed by atoms with van der Waals surface area (Å²) >= 11 is 0. The van der Waals surface area contributed by atoms with Crippen LogP contribution in [0.5, 0.6) is 0 Å². The van der Waals surface area contributed by atoms with Gasteiger partial charge in [0.25, 0.3) is 0 Å². The molecule has 0 radical (unpaired) electrons. The van der Waals surface area contributed by atoms with Crippen molar-refractivity contribution in [3.63, 3.8) is 0 Å². The number of aliphatic hydroxyl groups excluding tert-OH is 1. The van der Waals surface area contributed by atoms with Gasteiger partial charge in [-0.2, -0.15) is 5.10 Å². The van der Waals surface area contributed by atoms with Gasteiger partial charge >= 0.3 is 0 Å². The minimum absolute atomic E-state index is 0.0651. The molecule has 0 saturated carbocycles. The van der Waals surface area contributed by atoms with E-state index in [2.05, 4.69) is 9.82 Å². The maximum Gasteiger partial charge on any atom is 0.244 e. The lowest BCUT2D eigenvalue weighted by atomic mass is 10.4. The van der Waals surface area contributed by atoms with E-state index in [-0.39, 0.29) is 30.7 Å². The number of rotatable bonds is 8. The molecule has 0 aliphatic rings. The number of sulfonamides is 1. The highest BCUT2D eigenvalue weighted by Gasteiger charge is 2.23. The molecule has 0 unspecified atom stereocenters. The Kier molecular flexibility index (Phi) is 6.12. The van der Waals surface area contributed by atoms with E-state index in [9.17, 15) is 8.42 Å². The van der Waals surface area contributed by atoms with Crippen molar-refractivity contribution in [1.29, 1.82) is 0 Å². The monoisotopic (exact) mass is 305 g/mol. The van der Waals surface area contributed by atoms with Gasteiger partial charge in [-0.05, 0) is 27.7 Å². The number of aryl methyl sites for hydroxylation is 1. The van der Waals surface area contributed by atoms with Crippen molar-refractivity contribution in [2.24, 2.45) is 0 Å². The molecular formula is C12H23N3O4S. The van der Waals surface area contributed by atoms with Crippen molar-refractivity contribution < 1.29 is 18.3 Å². The molecular weight excluding hydrogens is 282 g/mol. The molecule has 0 spiro atoms. The van der Waals surface area contributed by atoms with Gasteiger partial charge in [0.05, 0.1) is 37.3 Å². The Morgan fingerprint density at radius 2 is 2.05 bits per heavy atom. The second kappa shape index (κ2) is 7.16. The summed E-state index contributed by atoms with van der Waals surface area (Å²) in [5, 5.41) is 13.1. The van der Waals surface area contributed by atoms with Gasteiger partial charge in [-0.3, -0.25) is 4.68 Å². The van der Waals surface area contributed by atoms with Crippen molar-refractivity contribution in [1.82, 2.24) is 14.5 Å². The molecule has 0 fully saturated rings. The van der Waals surface area contributed by atoms with Crippen LogP contribution in [0.4, 0.5) is 0 Å². The van der Waals surface area contributed by atoms with Gasteiger partial charge in [-0.25, -0.2) is 13.1 Å². The van der Waals surface area contributed by atoms with Crippen molar-refractivity contribution in [2.45, 2.75) is 45.2 Å². The summed E-state index contributed by atoms with van der Waals surface area (Å²) in [6.07, 6.45) is 0.0651. The van der Waals surface area contributed by atoms with Gasteiger partial charge in [0.1, 0.15) is 4.90 Å². The van der Waals surface area contributed by atoms with E-state index in [1.165, 1.54) is 4.68 Å². The van der Waals surface area contributed by atoms with Crippen molar-refractivity contribution in [2.75, 3.05) is 19.8 Å². The Morgan fingerprint density at radius 3 is 2.60 bits per heavy atom. The number of ether oxygens (including phenoxy) is 1. The maximum absolute atomic E-state index is 12.3. The van der Waals surface area contributed by atoms with E-state index in [1.807, 2.05) is 13.8 Å². The molecule has 7 nitrogen and oxygen atoms in total. The Hall–Kier alpha value is -0.960. The summed E-state index contributed by atoms with van der Waals surface area (Å²) in [6.45, 7) is 7.82. The molecule has 116 valence electrons. The van der Waals surface area contributed by atoms with Gasteiger partial charge < -0.3 is 9.84 Å². The molecule has 0 atom stereocenters. The lowest BCUT2D eigenvalue weighted by Crippen LogP contribution is -2.29. The normalized spacial score (nSPS) is 12.3. The highest BCUT2D eigenvalue weighted by molar-refractivity contribution is 7.89. The van der Waals surface area contributed by atoms with Crippen LogP contribution < -0.4 is 4.72 Å². The second-order valence-electron chi connectivity index (χ2n) is 4.76. The molecule has 20 heavy (non-hydrogen) atoms. The molecule has 0 saturated heterocycles. The second-order valence-corrected chi connectivity index (χ2v) is 6.47. The van der Waals surface area contributed by atoms with Crippen LogP contribution in [0, 0.1) is 13.8 Å². The number of aliphatic hydroxyl groups is 1. The van der Waals surface area contributed by atoms with E-state index >= 15 is 0 Å². The first-order chi connectivity index (χ1) is 9.29. The molecule has 0 aliphatic heterocycles. The fraction of sp³-hybridized carbons (Fsp3) is 0.750. The summed E-state index contributed by atoms with van der Waals surface area (Å²) in [5.74, 6) is 0. The summed E-state index contributed by atoms with van der Waals surface area (Å²) in [4.78, 5) is 0.176. The van der Waals surface area contributed by atoms with E-state index in [1.54, 1.807) is 13.8 Å². The smallest absolute Gasteiger partial charge is 0.244 e. The number of nitrogens with zero attached hydrogens (tertiary/aromatic N) is 2. The minimum Gasteiger partial charge on any atom is -0.394 e. The molecule has 0 bridgehead atoms. The topological polar surface area (TPSA) is 93.5 Å². The quantitative estimate of drug-likeness (QED) is 0.669. The molecule has 0 amide bonds. The predicted molar refractivity (Wildman–Crippen MR) is 75.1 cm³/mol. The van der Waals surface area contributed by atoms with Gasteiger partial charge in [-0.1, -0.05) is 0 Å².